The van der Waals surface area contributed by atoms with Crippen molar-refractivity contribution in [2.45, 2.75) is 45.1 Å². The molecule has 0 aromatic carbocycles. The van der Waals surface area contributed by atoms with Crippen LogP contribution < -0.4 is 5.32 Å². The van der Waals surface area contributed by atoms with Crippen LogP contribution >= 0.6 is 0 Å². The number of carboxylic acid groups (broad SMARTS) is 1. The summed E-state index contributed by atoms with van der Waals surface area (Å²) in [5.74, 6) is -0.325. The summed E-state index contributed by atoms with van der Waals surface area (Å²) in [6, 6.07) is -0.0660. The number of carbonyl (C=O) groups excluding carboxylic acids is 1. The number of nitrogens with zero attached hydrogens (tertiary/aromatic N) is 1. The topological polar surface area (TPSA) is 78.9 Å². The van der Waals surface area contributed by atoms with E-state index in [1.54, 1.807) is 12.0 Å². The molecule has 0 aromatic rings. The summed E-state index contributed by atoms with van der Waals surface area (Å²) in [5.41, 5.74) is -0.383. The standard InChI is InChI=1S/C14H26N2O4/c1-14(2,10-20-3)15-13(19)16-8-6-11(7-9-16)4-5-12(17)18/h11H,4-10H2,1-3H3,(H,15,19)(H,17,18). The Morgan fingerprint density at radius 2 is 1.95 bits per heavy atom. The Labute approximate surface area is 120 Å². The van der Waals surface area contributed by atoms with Crippen LogP contribution in [0.4, 0.5) is 4.79 Å². The van der Waals surface area contributed by atoms with Crippen molar-refractivity contribution in [3.05, 3.63) is 0 Å². The third-order valence-corrected chi connectivity index (χ3v) is 3.62. The molecule has 6 heteroatoms. The van der Waals surface area contributed by atoms with Gasteiger partial charge in [0.1, 0.15) is 0 Å². The number of ether oxygens (including phenoxy) is 1. The largest absolute Gasteiger partial charge is 0.481 e. The van der Waals surface area contributed by atoms with Crippen LogP contribution in [0.25, 0.3) is 0 Å². The lowest BCUT2D eigenvalue weighted by molar-refractivity contribution is -0.137. The molecule has 0 saturated carbocycles. The number of aliphatic carboxylic acids is 1. The SMILES string of the molecule is COCC(C)(C)NC(=O)N1CCC(CCC(=O)O)CC1. The van der Waals surface area contributed by atoms with Crippen LogP contribution in [0.3, 0.4) is 0 Å². The summed E-state index contributed by atoms with van der Waals surface area (Å²) in [4.78, 5) is 24.5. The molecule has 1 fully saturated rings. The predicted molar refractivity (Wildman–Crippen MR) is 75.7 cm³/mol. The van der Waals surface area contributed by atoms with Gasteiger partial charge in [-0.15, -0.1) is 0 Å². The third-order valence-electron chi connectivity index (χ3n) is 3.62. The maximum absolute atomic E-state index is 12.1. The molecule has 116 valence electrons. The van der Waals surface area contributed by atoms with E-state index in [4.69, 9.17) is 9.84 Å². The number of rotatable bonds is 6. The van der Waals surface area contributed by atoms with E-state index in [0.29, 0.717) is 32.0 Å². The highest BCUT2D eigenvalue weighted by atomic mass is 16.5. The Kier molecular flexibility index (Phi) is 6.26. The summed E-state index contributed by atoms with van der Waals surface area (Å²) < 4.78 is 5.08. The molecule has 0 aromatic heterocycles. The number of urea groups is 1. The van der Waals surface area contributed by atoms with Crippen molar-refractivity contribution in [3.63, 3.8) is 0 Å². The lowest BCUT2D eigenvalue weighted by Crippen LogP contribution is -2.53. The first-order valence-electron chi connectivity index (χ1n) is 7.12. The van der Waals surface area contributed by atoms with Gasteiger partial charge in [0.05, 0.1) is 12.1 Å². The molecule has 0 radical (unpaired) electrons. The van der Waals surface area contributed by atoms with Gasteiger partial charge in [-0.25, -0.2) is 4.79 Å². The number of nitrogens with one attached hydrogen (secondary N) is 1. The second kappa shape index (κ2) is 7.47. The van der Waals surface area contributed by atoms with Gasteiger partial charge in [0.2, 0.25) is 0 Å². The fourth-order valence-electron chi connectivity index (χ4n) is 2.52. The van der Waals surface area contributed by atoms with Crippen molar-refractivity contribution in [3.8, 4) is 0 Å². The number of piperidine rings is 1. The first kappa shape index (κ1) is 16.8. The Morgan fingerprint density at radius 3 is 2.45 bits per heavy atom. The Bertz CT molecular complexity index is 336. The monoisotopic (exact) mass is 286 g/mol. The maximum atomic E-state index is 12.1. The summed E-state index contributed by atoms with van der Waals surface area (Å²) in [6.07, 6.45) is 2.69. The van der Waals surface area contributed by atoms with E-state index >= 15 is 0 Å². The van der Waals surface area contributed by atoms with E-state index in [9.17, 15) is 9.59 Å². The third kappa shape index (κ3) is 5.77. The smallest absolute Gasteiger partial charge is 0.317 e. The molecule has 2 amide bonds. The zero-order valence-electron chi connectivity index (χ0n) is 12.6. The van der Waals surface area contributed by atoms with E-state index in [1.165, 1.54) is 0 Å². The van der Waals surface area contributed by atoms with Crippen LogP contribution in [0.2, 0.25) is 0 Å². The first-order chi connectivity index (χ1) is 9.34. The van der Waals surface area contributed by atoms with Crippen LogP contribution in [0, 0.1) is 5.92 Å². The molecule has 1 rings (SSSR count). The fraction of sp³-hybridized carbons (Fsp3) is 0.857. The molecule has 6 nitrogen and oxygen atoms in total. The van der Waals surface area contributed by atoms with E-state index in [-0.39, 0.29) is 18.0 Å². The van der Waals surface area contributed by atoms with E-state index in [1.807, 2.05) is 13.8 Å². The van der Waals surface area contributed by atoms with Gasteiger partial charge in [-0.1, -0.05) is 0 Å². The molecule has 0 bridgehead atoms. The molecule has 1 aliphatic rings. The fourth-order valence-corrected chi connectivity index (χ4v) is 2.52. The highest BCUT2D eigenvalue weighted by Crippen LogP contribution is 2.22. The van der Waals surface area contributed by atoms with Gasteiger partial charge in [-0.05, 0) is 39.0 Å². The van der Waals surface area contributed by atoms with Crippen molar-refractivity contribution in [2.24, 2.45) is 5.92 Å². The van der Waals surface area contributed by atoms with Crippen molar-refractivity contribution < 1.29 is 19.4 Å². The number of hydrogen-bond donors (Lipinski definition) is 2. The van der Waals surface area contributed by atoms with Crippen LogP contribution in [0.5, 0.6) is 0 Å². The van der Waals surface area contributed by atoms with Crippen LogP contribution in [-0.2, 0) is 9.53 Å². The van der Waals surface area contributed by atoms with E-state index in [2.05, 4.69) is 5.32 Å². The minimum absolute atomic E-state index is 0.0660. The molecule has 1 heterocycles. The number of carbonyl (C=O) groups is 2. The average molecular weight is 286 g/mol. The van der Waals surface area contributed by atoms with Crippen LogP contribution in [0.15, 0.2) is 0 Å². The normalized spacial score (nSPS) is 17.1. The number of hydrogen-bond acceptors (Lipinski definition) is 3. The number of carboxylic acids is 1. The predicted octanol–water partition coefficient (Wildman–Crippen LogP) is 1.70. The lowest BCUT2D eigenvalue weighted by atomic mass is 9.92. The summed E-state index contributed by atoms with van der Waals surface area (Å²) in [5, 5.41) is 11.6. The van der Waals surface area contributed by atoms with Crippen molar-refractivity contribution >= 4 is 12.0 Å². The molecule has 20 heavy (non-hydrogen) atoms. The number of amides is 2. The molecular weight excluding hydrogens is 260 g/mol. The lowest BCUT2D eigenvalue weighted by Gasteiger charge is -2.35. The van der Waals surface area contributed by atoms with Crippen molar-refractivity contribution in [1.29, 1.82) is 0 Å². The summed E-state index contributed by atoms with van der Waals surface area (Å²) >= 11 is 0. The van der Waals surface area contributed by atoms with Gasteiger partial charge in [0, 0.05) is 26.6 Å². The molecule has 0 aliphatic carbocycles. The van der Waals surface area contributed by atoms with Gasteiger partial charge >= 0.3 is 12.0 Å². The van der Waals surface area contributed by atoms with Crippen molar-refractivity contribution in [1.82, 2.24) is 10.2 Å². The second-order valence-electron chi connectivity index (χ2n) is 6.11. The molecule has 0 unspecified atom stereocenters. The molecule has 1 saturated heterocycles. The van der Waals surface area contributed by atoms with Crippen LogP contribution in [0.1, 0.15) is 39.5 Å². The quantitative estimate of drug-likeness (QED) is 0.779. The maximum Gasteiger partial charge on any atom is 0.317 e. The molecule has 0 atom stereocenters. The summed E-state index contributed by atoms with van der Waals surface area (Å²) in [7, 11) is 1.61. The zero-order valence-corrected chi connectivity index (χ0v) is 12.6. The molecule has 2 N–H and O–H groups in total. The molecular formula is C14H26N2O4. The van der Waals surface area contributed by atoms with Gasteiger partial charge in [0.15, 0.2) is 0 Å². The van der Waals surface area contributed by atoms with Gasteiger partial charge < -0.3 is 20.1 Å². The zero-order chi connectivity index (χ0) is 15.2. The van der Waals surface area contributed by atoms with Gasteiger partial charge in [0.25, 0.3) is 0 Å². The van der Waals surface area contributed by atoms with Crippen molar-refractivity contribution in [2.75, 3.05) is 26.8 Å². The molecule has 1 aliphatic heterocycles. The average Bonchev–Trinajstić information content (AvgIpc) is 2.36. The minimum Gasteiger partial charge on any atom is -0.481 e. The molecule has 0 spiro atoms. The highest BCUT2D eigenvalue weighted by molar-refractivity contribution is 5.75. The highest BCUT2D eigenvalue weighted by Gasteiger charge is 2.27. The van der Waals surface area contributed by atoms with Crippen LogP contribution in [-0.4, -0.2) is 54.4 Å². The van der Waals surface area contributed by atoms with Gasteiger partial charge in [-0.3, -0.25) is 4.79 Å². The Balaban J connectivity index is 2.33. The number of methoxy groups -OCH3 is 1. The Morgan fingerprint density at radius 1 is 1.35 bits per heavy atom. The van der Waals surface area contributed by atoms with E-state index in [0.717, 1.165) is 12.8 Å². The Hall–Kier alpha value is -1.30. The van der Waals surface area contributed by atoms with E-state index < -0.39 is 5.97 Å². The minimum atomic E-state index is -0.744. The van der Waals surface area contributed by atoms with Gasteiger partial charge in [-0.2, -0.15) is 0 Å². The number of likely N-dealkylation sites (tertiary alicyclic amines) is 1. The first-order valence-corrected chi connectivity index (χ1v) is 7.12. The summed E-state index contributed by atoms with van der Waals surface area (Å²) in [6.45, 7) is 5.70. The second-order valence-corrected chi connectivity index (χ2v) is 6.11.